The molecule has 0 atom stereocenters. The van der Waals surface area contributed by atoms with E-state index in [0.717, 1.165) is 31.1 Å². The highest BCUT2D eigenvalue weighted by molar-refractivity contribution is 7.85. The fraction of sp³-hybridized carbons (Fsp3) is 1.00. The first-order valence-corrected chi connectivity index (χ1v) is 6.99. The van der Waals surface area contributed by atoms with E-state index in [-0.39, 0.29) is 0 Å². The predicted molar refractivity (Wildman–Crippen MR) is 60.0 cm³/mol. The summed E-state index contributed by atoms with van der Waals surface area (Å²) >= 11 is 0. The summed E-state index contributed by atoms with van der Waals surface area (Å²) in [6, 6.07) is 0. The standard InChI is InChI=1S/C10H20N2OS/c1-11-10(3-2-4-10)9-12-5-7-14(13)8-6-12/h11H,2-9H2,1H3. The highest BCUT2D eigenvalue weighted by atomic mass is 32.2. The molecule has 4 heteroatoms. The lowest BCUT2D eigenvalue weighted by Gasteiger charge is -2.45. The van der Waals surface area contributed by atoms with Gasteiger partial charge in [-0.1, -0.05) is 0 Å². The van der Waals surface area contributed by atoms with Crippen LogP contribution in [0, 0.1) is 0 Å². The molecule has 14 heavy (non-hydrogen) atoms. The van der Waals surface area contributed by atoms with Crippen LogP contribution < -0.4 is 5.32 Å². The summed E-state index contributed by atoms with van der Waals surface area (Å²) in [5.41, 5.74) is 0.388. The molecule has 0 bridgehead atoms. The van der Waals surface area contributed by atoms with Crippen LogP contribution in [0.4, 0.5) is 0 Å². The maximum atomic E-state index is 11.2. The van der Waals surface area contributed by atoms with Gasteiger partial charge in [-0.3, -0.25) is 9.11 Å². The van der Waals surface area contributed by atoms with Crippen LogP contribution in [0.1, 0.15) is 19.3 Å². The first-order chi connectivity index (χ1) is 6.74. The fourth-order valence-electron chi connectivity index (χ4n) is 2.35. The average molecular weight is 216 g/mol. The highest BCUT2D eigenvalue weighted by Gasteiger charge is 2.37. The smallest absolute Gasteiger partial charge is 0.0363 e. The zero-order valence-electron chi connectivity index (χ0n) is 8.92. The summed E-state index contributed by atoms with van der Waals surface area (Å²) in [6.07, 6.45) is 3.98. The van der Waals surface area contributed by atoms with E-state index in [9.17, 15) is 4.21 Å². The van der Waals surface area contributed by atoms with E-state index in [1.54, 1.807) is 0 Å². The molecule has 0 aromatic rings. The molecular formula is C10H20N2OS. The largest absolute Gasteiger partial charge is 0.313 e. The van der Waals surface area contributed by atoms with Crippen molar-refractivity contribution in [2.45, 2.75) is 24.8 Å². The Kier molecular flexibility index (Phi) is 3.24. The SMILES string of the molecule is CNC1(CN2CCS(=O)CC2)CCC1. The van der Waals surface area contributed by atoms with Crippen molar-refractivity contribution >= 4 is 10.8 Å². The molecule has 0 aromatic carbocycles. The lowest BCUT2D eigenvalue weighted by Crippen LogP contribution is -2.58. The van der Waals surface area contributed by atoms with Crippen molar-refractivity contribution < 1.29 is 4.21 Å². The summed E-state index contributed by atoms with van der Waals surface area (Å²) in [5.74, 6) is 1.75. The van der Waals surface area contributed by atoms with Gasteiger partial charge in [-0.2, -0.15) is 0 Å². The quantitative estimate of drug-likeness (QED) is 0.731. The summed E-state index contributed by atoms with van der Waals surface area (Å²) in [5, 5.41) is 3.46. The van der Waals surface area contributed by atoms with Gasteiger partial charge in [0, 0.05) is 47.5 Å². The lowest BCUT2D eigenvalue weighted by atomic mass is 9.76. The van der Waals surface area contributed by atoms with Gasteiger partial charge >= 0.3 is 0 Å². The Bertz CT molecular complexity index is 213. The number of nitrogens with zero attached hydrogens (tertiary/aromatic N) is 1. The predicted octanol–water partition coefficient (Wildman–Crippen LogP) is 0.193. The van der Waals surface area contributed by atoms with Gasteiger partial charge in [-0.05, 0) is 26.3 Å². The maximum absolute atomic E-state index is 11.2. The molecule has 1 heterocycles. The minimum atomic E-state index is -0.537. The van der Waals surface area contributed by atoms with E-state index < -0.39 is 10.8 Å². The molecule has 1 N–H and O–H groups in total. The summed E-state index contributed by atoms with van der Waals surface area (Å²) < 4.78 is 11.2. The number of nitrogens with one attached hydrogen (secondary N) is 1. The third-order valence-corrected chi connectivity index (χ3v) is 4.91. The topological polar surface area (TPSA) is 32.3 Å². The van der Waals surface area contributed by atoms with Gasteiger partial charge in [-0.25, -0.2) is 0 Å². The van der Waals surface area contributed by atoms with Crippen molar-refractivity contribution in [1.29, 1.82) is 0 Å². The van der Waals surface area contributed by atoms with Gasteiger partial charge in [0.1, 0.15) is 0 Å². The molecule has 1 saturated carbocycles. The molecule has 2 fully saturated rings. The third kappa shape index (κ3) is 2.18. The van der Waals surface area contributed by atoms with Crippen molar-refractivity contribution in [3.8, 4) is 0 Å². The van der Waals surface area contributed by atoms with Crippen LogP contribution in [0.5, 0.6) is 0 Å². The van der Waals surface area contributed by atoms with E-state index in [4.69, 9.17) is 0 Å². The Morgan fingerprint density at radius 1 is 1.36 bits per heavy atom. The lowest BCUT2D eigenvalue weighted by molar-refractivity contribution is 0.122. The molecule has 0 unspecified atom stereocenters. The second kappa shape index (κ2) is 4.29. The molecule has 0 spiro atoms. The normalized spacial score (nSPS) is 28.6. The minimum Gasteiger partial charge on any atom is -0.313 e. The van der Waals surface area contributed by atoms with E-state index in [1.807, 2.05) is 0 Å². The summed E-state index contributed by atoms with van der Waals surface area (Å²) in [7, 11) is 1.53. The van der Waals surface area contributed by atoms with E-state index in [0.29, 0.717) is 5.54 Å². The van der Waals surface area contributed by atoms with Crippen LogP contribution in [0.15, 0.2) is 0 Å². The monoisotopic (exact) mass is 216 g/mol. The highest BCUT2D eigenvalue weighted by Crippen LogP contribution is 2.32. The molecule has 1 saturated heterocycles. The molecule has 1 aliphatic carbocycles. The number of hydrogen-bond donors (Lipinski definition) is 1. The van der Waals surface area contributed by atoms with Gasteiger partial charge in [0.25, 0.3) is 0 Å². The van der Waals surface area contributed by atoms with Gasteiger partial charge in [0.05, 0.1) is 0 Å². The summed E-state index contributed by atoms with van der Waals surface area (Å²) in [6.45, 7) is 3.20. The van der Waals surface area contributed by atoms with Crippen molar-refractivity contribution in [2.24, 2.45) is 0 Å². The Morgan fingerprint density at radius 2 is 2.00 bits per heavy atom. The summed E-state index contributed by atoms with van der Waals surface area (Å²) in [4.78, 5) is 2.47. The van der Waals surface area contributed by atoms with Crippen LogP contribution in [0.25, 0.3) is 0 Å². The van der Waals surface area contributed by atoms with Crippen molar-refractivity contribution in [2.75, 3.05) is 38.2 Å². The molecule has 0 radical (unpaired) electrons. The Labute approximate surface area is 88.7 Å². The zero-order valence-corrected chi connectivity index (χ0v) is 9.74. The van der Waals surface area contributed by atoms with E-state index >= 15 is 0 Å². The first-order valence-electron chi connectivity index (χ1n) is 5.50. The van der Waals surface area contributed by atoms with Crippen LogP contribution >= 0.6 is 0 Å². The maximum Gasteiger partial charge on any atom is 0.0363 e. The van der Waals surface area contributed by atoms with Gasteiger partial charge in [0.15, 0.2) is 0 Å². The zero-order chi connectivity index (χ0) is 10.0. The first kappa shape index (κ1) is 10.6. The molecule has 82 valence electrons. The second-order valence-corrected chi connectivity index (χ2v) is 6.20. The van der Waals surface area contributed by atoms with Crippen LogP contribution in [0.3, 0.4) is 0 Å². The molecular weight excluding hydrogens is 196 g/mol. The second-order valence-electron chi connectivity index (χ2n) is 4.51. The molecule has 1 aliphatic heterocycles. The van der Waals surface area contributed by atoms with Gasteiger partial charge in [0.2, 0.25) is 0 Å². The molecule has 0 aromatic heterocycles. The number of rotatable bonds is 3. The van der Waals surface area contributed by atoms with Crippen LogP contribution in [-0.4, -0.2) is 52.8 Å². The third-order valence-electron chi connectivity index (χ3n) is 3.64. The Morgan fingerprint density at radius 3 is 2.43 bits per heavy atom. The molecule has 0 amide bonds. The van der Waals surface area contributed by atoms with Gasteiger partial charge < -0.3 is 5.32 Å². The van der Waals surface area contributed by atoms with Crippen molar-refractivity contribution in [1.82, 2.24) is 10.2 Å². The minimum absolute atomic E-state index is 0.388. The average Bonchev–Trinajstić information content (AvgIpc) is 2.15. The Hall–Kier alpha value is 0.0700. The van der Waals surface area contributed by atoms with Crippen LogP contribution in [0.2, 0.25) is 0 Å². The van der Waals surface area contributed by atoms with Crippen LogP contribution in [-0.2, 0) is 10.8 Å². The molecule has 2 aliphatic rings. The van der Waals surface area contributed by atoms with E-state index in [2.05, 4.69) is 17.3 Å². The number of likely N-dealkylation sites (N-methyl/N-ethyl adjacent to an activating group) is 1. The van der Waals surface area contributed by atoms with Crippen molar-refractivity contribution in [3.05, 3.63) is 0 Å². The van der Waals surface area contributed by atoms with Gasteiger partial charge in [-0.15, -0.1) is 0 Å². The molecule has 2 rings (SSSR count). The molecule has 3 nitrogen and oxygen atoms in total. The van der Waals surface area contributed by atoms with Crippen molar-refractivity contribution in [3.63, 3.8) is 0 Å². The fourth-order valence-corrected chi connectivity index (χ4v) is 3.48. The number of hydrogen-bond acceptors (Lipinski definition) is 3. The Balaban J connectivity index is 1.82. The van der Waals surface area contributed by atoms with E-state index in [1.165, 1.54) is 19.3 Å².